The molecule has 102 valence electrons. The third kappa shape index (κ3) is 2.08. The highest BCUT2D eigenvalue weighted by Gasteiger charge is 2.17. The second-order valence-corrected chi connectivity index (χ2v) is 4.62. The molecule has 2 heterocycles. The van der Waals surface area contributed by atoms with Gasteiger partial charge in [0.05, 0.1) is 12.9 Å². The van der Waals surface area contributed by atoms with Crippen LogP contribution in [0.4, 0.5) is 10.2 Å². The van der Waals surface area contributed by atoms with Gasteiger partial charge in [-0.15, -0.1) is 0 Å². The van der Waals surface area contributed by atoms with Crippen molar-refractivity contribution < 1.29 is 4.39 Å². The van der Waals surface area contributed by atoms with Crippen LogP contribution >= 0.6 is 11.6 Å². The lowest BCUT2D eigenvalue weighted by Gasteiger charge is -2.14. The van der Waals surface area contributed by atoms with Gasteiger partial charge in [0.15, 0.2) is 11.6 Å². The van der Waals surface area contributed by atoms with Crippen molar-refractivity contribution in [1.29, 1.82) is 0 Å². The summed E-state index contributed by atoms with van der Waals surface area (Å²) in [7, 11) is 1.76. The topological polar surface area (TPSA) is 55.6 Å². The molecule has 20 heavy (non-hydrogen) atoms. The van der Waals surface area contributed by atoms with Gasteiger partial charge in [0.1, 0.15) is 17.8 Å². The van der Waals surface area contributed by atoms with Crippen LogP contribution in [0.15, 0.2) is 30.9 Å². The van der Waals surface area contributed by atoms with Gasteiger partial charge in [-0.2, -0.15) is 0 Å². The molecule has 0 atom stereocenters. The number of fused-ring (bicyclic) bond motifs is 1. The van der Waals surface area contributed by atoms with Crippen LogP contribution in [0.3, 0.4) is 0 Å². The van der Waals surface area contributed by atoms with Crippen LogP contribution < -0.4 is 5.32 Å². The Hall–Kier alpha value is -2.21. The Kier molecular flexibility index (Phi) is 3.23. The van der Waals surface area contributed by atoms with E-state index in [1.165, 1.54) is 12.4 Å². The summed E-state index contributed by atoms with van der Waals surface area (Å²) in [6, 6.07) is 4.61. The van der Waals surface area contributed by atoms with Crippen LogP contribution in [0, 0.1) is 5.82 Å². The smallest absolute Gasteiger partial charge is 0.165 e. The van der Waals surface area contributed by atoms with Gasteiger partial charge in [-0.05, 0) is 12.1 Å². The summed E-state index contributed by atoms with van der Waals surface area (Å²) >= 11 is 6.04. The highest BCUT2D eigenvalue weighted by molar-refractivity contribution is 6.31. The number of hydrogen-bond donors (Lipinski definition) is 1. The van der Waals surface area contributed by atoms with Crippen molar-refractivity contribution in [2.24, 2.45) is 0 Å². The van der Waals surface area contributed by atoms with Crippen molar-refractivity contribution in [1.82, 2.24) is 19.5 Å². The number of nitrogens with zero attached hydrogens (tertiary/aromatic N) is 4. The summed E-state index contributed by atoms with van der Waals surface area (Å²) in [5, 5.41) is 3.32. The number of nitrogens with one attached hydrogen (secondary N) is 1. The van der Waals surface area contributed by atoms with Crippen molar-refractivity contribution in [2.45, 2.75) is 6.54 Å². The third-order valence-corrected chi connectivity index (χ3v) is 3.38. The molecule has 0 fully saturated rings. The largest absolute Gasteiger partial charge is 0.371 e. The Balaban J connectivity index is 2.06. The van der Waals surface area contributed by atoms with Crippen LogP contribution in [0.2, 0.25) is 5.02 Å². The lowest BCUT2D eigenvalue weighted by atomic mass is 10.2. The molecule has 1 N–H and O–H groups in total. The van der Waals surface area contributed by atoms with Crippen molar-refractivity contribution >= 4 is 17.4 Å². The monoisotopic (exact) mass is 291 g/mol. The molecule has 1 aromatic carbocycles. The van der Waals surface area contributed by atoms with Crippen LogP contribution in [0.5, 0.6) is 0 Å². The molecule has 0 aliphatic carbocycles. The zero-order valence-corrected chi connectivity index (χ0v) is 11.4. The van der Waals surface area contributed by atoms with E-state index in [1.54, 1.807) is 30.1 Å². The van der Waals surface area contributed by atoms with E-state index in [-0.39, 0.29) is 12.4 Å². The molecule has 0 amide bonds. The third-order valence-electron chi connectivity index (χ3n) is 3.03. The molecule has 0 unspecified atom stereocenters. The van der Waals surface area contributed by atoms with Crippen LogP contribution in [-0.4, -0.2) is 26.6 Å². The Morgan fingerprint density at radius 1 is 1.30 bits per heavy atom. The highest BCUT2D eigenvalue weighted by atomic mass is 35.5. The number of imidazole rings is 1. The lowest BCUT2D eigenvalue weighted by molar-refractivity contribution is 0.597. The zero-order chi connectivity index (χ0) is 14.1. The van der Waals surface area contributed by atoms with Gasteiger partial charge in [0.2, 0.25) is 0 Å². The number of aromatic nitrogens is 4. The Labute approximate surface area is 119 Å². The van der Waals surface area contributed by atoms with E-state index in [9.17, 15) is 4.39 Å². The Morgan fingerprint density at radius 2 is 2.15 bits per heavy atom. The van der Waals surface area contributed by atoms with Crippen molar-refractivity contribution in [3.63, 3.8) is 0 Å². The fourth-order valence-corrected chi connectivity index (χ4v) is 2.26. The molecule has 0 aromatic heterocycles. The second-order valence-electron chi connectivity index (χ2n) is 4.22. The van der Waals surface area contributed by atoms with Crippen LogP contribution in [0.1, 0.15) is 5.56 Å². The summed E-state index contributed by atoms with van der Waals surface area (Å²) in [4.78, 5) is 12.6. The molecule has 0 saturated heterocycles. The molecule has 0 radical (unpaired) electrons. The van der Waals surface area contributed by atoms with Crippen LogP contribution in [0.25, 0.3) is 11.5 Å². The van der Waals surface area contributed by atoms with Crippen molar-refractivity contribution in [3.8, 4) is 11.5 Å². The quantitative estimate of drug-likeness (QED) is 0.806. The van der Waals surface area contributed by atoms with Gasteiger partial charge in [0, 0.05) is 17.6 Å². The van der Waals surface area contributed by atoms with E-state index in [0.29, 0.717) is 27.9 Å². The van der Waals surface area contributed by atoms with E-state index < -0.39 is 0 Å². The molecular formula is C13H11ClFN5. The first-order valence-electron chi connectivity index (χ1n) is 5.97. The molecular weight excluding hydrogens is 281 g/mol. The minimum atomic E-state index is -0.352. The molecule has 1 aromatic rings. The van der Waals surface area contributed by atoms with Gasteiger partial charge in [-0.3, -0.25) is 0 Å². The maximum atomic E-state index is 13.8. The summed E-state index contributed by atoms with van der Waals surface area (Å²) < 4.78 is 15.6. The molecule has 5 nitrogen and oxygen atoms in total. The number of halogens is 2. The summed E-state index contributed by atoms with van der Waals surface area (Å²) in [5.41, 5.74) is 1.05. The molecule has 0 spiro atoms. The zero-order valence-electron chi connectivity index (χ0n) is 10.6. The Bertz CT molecular complexity index is 707. The molecule has 2 aliphatic rings. The molecule has 3 rings (SSSR count). The van der Waals surface area contributed by atoms with E-state index in [1.807, 2.05) is 0 Å². The van der Waals surface area contributed by atoms with Gasteiger partial charge in [-0.25, -0.2) is 19.3 Å². The first-order chi connectivity index (χ1) is 9.70. The number of benzene rings is 1. The van der Waals surface area contributed by atoms with E-state index in [0.717, 1.165) is 0 Å². The van der Waals surface area contributed by atoms with Gasteiger partial charge >= 0.3 is 0 Å². The fraction of sp³-hybridized carbons (Fsp3) is 0.154. The van der Waals surface area contributed by atoms with E-state index >= 15 is 0 Å². The predicted molar refractivity (Wildman–Crippen MR) is 74.5 cm³/mol. The average molecular weight is 292 g/mol. The summed E-state index contributed by atoms with van der Waals surface area (Å²) in [6.45, 7) is 0.248. The summed E-state index contributed by atoms with van der Waals surface area (Å²) in [6.07, 6.45) is 3.04. The molecule has 7 heteroatoms. The SMILES string of the molecule is CNc1ncn(Cc2c(F)cccc2Cl)c2ncnc1-2. The second kappa shape index (κ2) is 5.05. The van der Waals surface area contributed by atoms with Gasteiger partial charge < -0.3 is 9.88 Å². The van der Waals surface area contributed by atoms with E-state index in [2.05, 4.69) is 20.3 Å². The Morgan fingerprint density at radius 3 is 2.90 bits per heavy atom. The summed E-state index contributed by atoms with van der Waals surface area (Å²) in [5.74, 6) is 0.910. The lowest BCUT2D eigenvalue weighted by Crippen LogP contribution is -2.10. The maximum absolute atomic E-state index is 13.8. The minimum absolute atomic E-state index is 0.248. The number of rotatable bonds is 3. The first kappa shape index (κ1) is 12.8. The van der Waals surface area contributed by atoms with Gasteiger partial charge in [0.25, 0.3) is 0 Å². The van der Waals surface area contributed by atoms with Gasteiger partial charge in [-0.1, -0.05) is 17.7 Å². The molecule has 0 saturated carbocycles. The highest BCUT2D eigenvalue weighted by Crippen LogP contribution is 2.26. The standard InChI is InChI=1S/C13H11ClFN5/c1-16-12-11-13(18-6-17-11)20(7-19-12)5-8-9(14)3-2-4-10(8)15/h2-4,6-7,16H,5H2,1H3. The van der Waals surface area contributed by atoms with E-state index in [4.69, 9.17) is 11.6 Å². The fourth-order valence-electron chi connectivity index (χ4n) is 2.03. The van der Waals surface area contributed by atoms with Crippen molar-refractivity contribution in [3.05, 3.63) is 47.3 Å². The molecule has 0 bridgehead atoms. The van der Waals surface area contributed by atoms with Crippen molar-refractivity contribution in [2.75, 3.05) is 12.4 Å². The number of hydrogen-bond acceptors (Lipinski definition) is 4. The maximum Gasteiger partial charge on any atom is 0.165 e. The van der Waals surface area contributed by atoms with Crippen LogP contribution in [-0.2, 0) is 6.54 Å². The first-order valence-corrected chi connectivity index (χ1v) is 6.35. The predicted octanol–water partition coefficient (Wildman–Crippen LogP) is 2.66. The molecule has 2 aliphatic heterocycles. The minimum Gasteiger partial charge on any atom is -0.371 e. The number of anilines is 1. The average Bonchev–Trinajstić information content (AvgIpc) is 2.92. The normalized spacial score (nSPS) is 10.9.